The quantitative estimate of drug-likeness (QED) is 0.233. The van der Waals surface area contributed by atoms with Gasteiger partial charge in [-0.1, -0.05) is 25.1 Å². The van der Waals surface area contributed by atoms with Gasteiger partial charge in [-0.2, -0.15) is 0 Å². The van der Waals surface area contributed by atoms with Crippen molar-refractivity contribution in [2.75, 3.05) is 13.7 Å². The maximum atomic E-state index is 13.0. The Bertz CT molecular complexity index is 1310. The predicted molar refractivity (Wildman–Crippen MR) is 133 cm³/mol. The second-order valence-corrected chi connectivity index (χ2v) is 8.39. The van der Waals surface area contributed by atoms with Crippen molar-refractivity contribution in [2.45, 2.75) is 20.3 Å². The van der Waals surface area contributed by atoms with Gasteiger partial charge in [0.2, 0.25) is 0 Å². The van der Waals surface area contributed by atoms with E-state index >= 15 is 0 Å². The number of likely N-dealkylation sites (N-methyl/N-ethyl adjacent to an activating group) is 1. The molecule has 0 bridgehead atoms. The van der Waals surface area contributed by atoms with Crippen molar-refractivity contribution in [2.24, 2.45) is 4.99 Å². The van der Waals surface area contributed by atoms with Gasteiger partial charge in [-0.25, -0.2) is 4.99 Å². The highest BCUT2D eigenvalue weighted by Gasteiger charge is 2.32. The minimum absolute atomic E-state index is 0.0690. The van der Waals surface area contributed by atoms with E-state index in [-0.39, 0.29) is 11.6 Å². The highest BCUT2D eigenvalue weighted by molar-refractivity contribution is 8.18. The van der Waals surface area contributed by atoms with Gasteiger partial charge in [0.1, 0.15) is 17.3 Å². The molecule has 0 aliphatic carbocycles. The van der Waals surface area contributed by atoms with Gasteiger partial charge < -0.3 is 9.15 Å². The van der Waals surface area contributed by atoms with E-state index in [0.717, 1.165) is 17.7 Å². The number of amides is 1. The molecule has 1 saturated heterocycles. The van der Waals surface area contributed by atoms with Crippen LogP contribution in [-0.2, 0) is 11.2 Å². The number of thioether (sulfide) groups is 1. The number of hydrogen-bond acceptors (Lipinski definition) is 7. The van der Waals surface area contributed by atoms with Gasteiger partial charge in [0.15, 0.2) is 5.17 Å². The SMILES string of the molecule is CCc1ccccc1N=C1S/C(=C/c2ccc(-c3cc([N+](=O)[O-])ccc3OC)o2)C(=O)N1CC. The molecule has 0 radical (unpaired) electrons. The standard InChI is InChI=1S/C25H23N3O5S/c1-4-16-8-6-7-9-20(16)26-25-27(5-2)24(29)23(34-25)15-18-11-13-22(33-18)19-14-17(28(30)31)10-12-21(19)32-3/h6-15H,4-5H2,1-3H3/b23-15+,26-25?. The molecule has 1 amide bonds. The van der Waals surface area contributed by atoms with Crippen LogP contribution in [0.3, 0.4) is 0 Å². The molecule has 0 spiro atoms. The van der Waals surface area contributed by atoms with Crippen LogP contribution in [-0.4, -0.2) is 34.6 Å². The monoisotopic (exact) mass is 477 g/mol. The maximum Gasteiger partial charge on any atom is 0.270 e. The van der Waals surface area contributed by atoms with Gasteiger partial charge in [0, 0.05) is 24.8 Å². The highest BCUT2D eigenvalue weighted by atomic mass is 32.2. The average Bonchev–Trinajstić information content (AvgIpc) is 3.43. The van der Waals surface area contributed by atoms with Crippen molar-refractivity contribution >= 4 is 40.3 Å². The number of furan rings is 1. The topological polar surface area (TPSA) is 98.2 Å². The zero-order chi connectivity index (χ0) is 24.2. The molecule has 4 rings (SSSR count). The summed E-state index contributed by atoms with van der Waals surface area (Å²) in [5.41, 5.74) is 2.34. The molecular weight excluding hydrogens is 454 g/mol. The first-order valence-corrected chi connectivity index (χ1v) is 11.6. The molecule has 9 heteroatoms. The molecule has 2 aromatic carbocycles. The van der Waals surface area contributed by atoms with Gasteiger partial charge in [0.25, 0.3) is 11.6 Å². The van der Waals surface area contributed by atoms with Crippen molar-refractivity contribution in [3.8, 4) is 17.1 Å². The lowest BCUT2D eigenvalue weighted by Crippen LogP contribution is -2.28. The minimum atomic E-state index is -0.473. The van der Waals surface area contributed by atoms with Crippen LogP contribution in [0.15, 0.2) is 68.9 Å². The Balaban J connectivity index is 1.66. The van der Waals surface area contributed by atoms with E-state index in [1.165, 1.54) is 37.1 Å². The number of non-ortho nitro benzene ring substituents is 1. The second-order valence-electron chi connectivity index (χ2n) is 7.38. The number of benzene rings is 2. The summed E-state index contributed by atoms with van der Waals surface area (Å²) in [6, 6.07) is 15.6. The number of methoxy groups -OCH3 is 1. The van der Waals surface area contributed by atoms with E-state index in [4.69, 9.17) is 14.1 Å². The molecule has 0 N–H and O–H groups in total. The van der Waals surface area contributed by atoms with E-state index in [1.54, 1.807) is 23.1 Å². The molecule has 1 fully saturated rings. The number of nitrogens with zero attached hydrogens (tertiary/aromatic N) is 3. The Labute approximate surface area is 201 Å². The van der Waals surface area contributed by atoms with Crippen LogP contribution in [0.1, 0.15) is 25.2 Å². The van der Waals surface area contributed by atoms with Gasteiger partial charge in [-0.3, -0.25) is 19.8 Å². The molecule has 2 heterocycles. The summed E-state index contributed by atoms with van der Waals surface area (Å²) in [6.07, 6.45) is 2.51. The summed E-state index contributed by atoms with van der Waals surface area (Å²) in [7, 11) is 1.49. The second kappa shape index (κ2) is 9.96. The fourth-order valence-corrected chi connectivity index (χ4v) is 4.63. The molecule has 8 nitrogen and oxygen atoms in total. The molecule has 3 aromatic rings. The van der Waals surface area contributed by atoms with Crippen molar-refractivity contribution < 1.29 is 18.9 Å². The summed E-state index contributed by atoms with van der Waals surface area (Å²) in [5.74, 6) is 1.16. The Morgan fingerprint density at radius 2 is 1.97 bits per heavy atom. The molecule has 34 heavy (non-hydrogen) atoms. The predicted octanol–water partition coefficient (Wildman–Crippen LogP) is 6.05. The number of nitro groups is 1. The minimum Gasteiger partial charge on any atom is -0.496 e. The normalized spacial score (nSPS) is 16.0. The number of aliphatic imine (C=N–C) groups is 1. The molecule has 1 aromatic heterocycles. The number of rotatable bonds is 7. The van der Waals surface area contributed by atoms with E-state index in [1.807, 2.05) is 31.2 Å². The number of nitro benzene ring substituents is 1. The van der Waals surface area contributed by atoms with E-state index in [9.17, 15) is 14.9 Å². The van der Waals surface area contributed by atoms with E-state index in [2.05, 4.69) is 6.92 Å². The van der Waals surface area contributed by atoms with Crippen LogP contribution in [0.4, 0.5) is 11.4 Å². The van der Waals surface area contributed by atoms with Crippen molar-refractivity contribution in [1.29, 1.82) is 0 Å². The Hall–Kier alpha value is -3.85. The number of ether oxygens (including phenoxy) is 1. The maximum absolute atomic E-state index is 13.0. The van der Waals surface area contributed by atoms with Gasteiger partial charge >= 0.3 is 0 Å². The summed E-state index contributed by atoms with van der Waals surface area (Å²) >= 11 is 1.29. The Morgan fingerprint density at radius 1 is 1.18 bits per heavy atom. The Morgan fingerprint density at radius 3 is 2.68 bits per heavy atom. The molecule has 0 atom stereocenters. The van der Waals surface area contributed by atoms with Crippen LogP contribution >= 0.6 is 11.8 Å². The number of amidine groups is 1. The fraction of sp³-hybridized carbons (Fsp3) is 0.200. The number of hydrogen-bond donors (Lipinski definition) is 0. The van der Waals surface area contributed by atoms with Crippen LogP contribution in [0, 0.1) is 10.1 Å². The Kier molecular flexibility index (Phi) is 6.83. The third kappa shape index (κ3) is 4.60. The largest absolute Gasteiger partial charge is 0.496 e. The van der Waals surface area contributed by atoms with Gasteiger partial charge in [0.05, 0.1) is 28.2 Å². The summed E-state index contributed by atoms with van der Waals surface area (Å²) in [5, 5.41) is 11.8. The third-order valence-electron chi connectivity index (χ3n) is 5.35. The molecule has 1 aliphatic rings. The first-order chi connectivity index (χ1) is 16.4. The molecule has 174 valence electrons. The average molecular weight is 478 g/mol. The van der Waals surface area contributed by atoms with Gasteiger partial charge in [-0.15, -0.1) is 0 Å². The van der Waals surface area contributed by atoms with Gasteiger partial charge in [-0.05, 0) is 54.9 Å². The first-order valence-electron chi connectivity index (χ1n) is 10.8. The zero-order valence-corrected chi connectivity index (χ0v) is 19.8. The lowest BCUT2D eigenvalue weighted by atomic mass is 10.1. The molecule has 0 saturated carbocycles. The van der Waals surface area contributed by atoms with Crippen LogP contribution < -0.4 is 4.74 Å². The summed E-state index contributed by atoms with van der Waals surface area (Å²) < 4.78 is 11.2. The van der Waals surface area contributed by atoms with E-state index < -0.39 is 4.92 Å². The zero-order valence-electron chi connectivity index (χ0n) is 19.0. The highest BCUT2D eigenvalue weighted by Crippen LogP contribution is 2.37. The number of para-hydroxylation sites is 1. The third-order valence-corrected chi connectivity index (χ3v) is 6.36. The van der Waals surface area contributed by atoms with Crippen molar-refractivity contribution in [3.05, 3.63) is 80.9 Å². The van der Waals surface area contributed by atoms with Crippen molar-refractivity contribution in [3.63, 3.8) is 0 Å². The summed E-state index contributed by atoms with van der Waals surface area (Å²) in [4.78, 5) is 30.6. The lowest BCUT2D eigenvalue weighted by Gasteiger charge is -2.12. The van der Waals surface area contributed by atoms with Crippen LogP contribution in [0.25, 0.3) is 17.4 Å². The smallest absolute Gasteiger partial charge is 0.270 e. The molecule has 1 aliphatic heterocycles. The first kappa shape index (κ1) is 23.3. The number of carbonyl (C=O) groups excluding carboxylic acids is 1. The number of aryl methyl sites for hydroxylation is 1. The van der Waals surface area contributed by atoms with Crippen LogP contribution in [0.2, 0.25) is 0 Å². The number of carbonyl (C=O) groups is 1. The van der Waals surface area contributed by atoms with Crippen molar-refractivity contribution in [1.82, 2.24) is 4.90 Å². The lowest BCUT2D eigenvalue weighted by molar-refractivity contribution is -0.384. The van der Waals surface area contributed by atoms with Crippen LogP contribution in [0.5, 0.6) is 5.75 Å². The summed E-state index contributed by atoms with van der Waals surface area (Å²) in [6.45, 7) is 4.46. The van der Waals surface area contributed by atoms with E-state index in [0.29, 0.717) is 39.5 Å². The fourth-order valence-electron chi connectivity index (χ4n) is 3.60. The molecular formula is C25H23N3O5S. The molecule has 0 unspecified atom stereocenters.